The molecule has 15 heavy (non-hydrogen) atoms. The molecule has 1 aromatic heterocycles. The lowest BCUT2D eigenvalue weighted by molar-refractivity contribution is 0.430. The highest BCUT2D eigenvalue weighted by Crippen LogP contribution is 2.22. The highest BCUT2D eigenvalue weighted by atomic mass is 15.3. The molecule has 0 spiro atoms. The molecule has 1 aromatic rings. The predicted octanol–water partition coefficient (Wildman–Crippen LogP) is 2.16. The zero-order valence-electron chi connectivity index (χ0n) is 10.3. The van der Waals surface area contributed by atoms with E-state index in [1.165, 1.54) is 12.1 Å². The first-order valence-electron chi connectivity index (χ1n) is 5.85. The van der Waals surface area contributed by atoms with E-state index in [0.29, 0.717) is 11.8 Å². The Morgan fingerprint density at radius 1 is 1.47 bits per heavy atom. The van der Waals surface area contributed by atoms with Gasteiger partial charge in [0.2, 0.25) is 0 Å². The Hall–Kier alpha value is -0.830. The number of hydrogen-bond donors (Lipinski definition) is 1. The fourth-order valence-electron chi connectivity index (χ4n) is 1.81. The van der Waals surface area contributed by atoms with Gasteiger partial charge in [0, 0.05) is 24.9 Å². The lowest BCUT2D eigenvalue weighted by atomic mass is 9.93. The Kier molecular flexibility index (Phi) is 4.82. The molecule has 0 fully saturated rings. The highest BCUT2D eigenvalue weighted by molar-refractivity contribution is 5.07. The average molecular weight is 209 g/mol. The van der Waals surface area contributed by atoms with Crippen molar-refractivity contribution in [1.29, 1.82) is 0 Å². The largest absolute Gasteiger partial charge is 0.316 e. The van der Waals surface area contributed by atoms with Crippen molar-refractivity contribution >= 4 is 0 Å². The van der Waals surface area contributed by atoms with Crippen molar-refractivity contribution in [2.24, 2.45) is 13.0 Å². The number of nitrogens with zero attached hydrogens (tertiary/aromatic N) is 2. The molecule has 0 saturated carbocycles. The second-order valence-corrected chi connectivity index (χ2v) is 4.35. The quantitative estimate of drug-likeness (QED) is 0.728. The third-order valence-electron chi connectivity index (χ3n) is 3.07. The van der Waals surface area contributed by atoms with E-state index in [1.807, 2.05) is 17.9 Å². The van der Waals surface area contributed by atoms with E-state index in [4.69, 9.17) is 0 Å². The molecule has 1 N–H and O–H groups in total. The van der Waals surface area contributed by atoms with E-state index in [-0.39, 0.29) is 0 Å². The lowest BCUT2D eigenvalue weighted by Gasteiger charge is -2.20. The van der Waals surface area contributed by atoms with Gasteiger partial charge in [-0.3, -0.25) is 4.68 Å². The van der Waals surface area contributed by atoms with E-state index in [0.717, 1.165) is 13.1 Å². The number of nitrogens with one attached hydrogen (secondary N) is 1. The molecule has 0 aliphatic heterocycles. The average Bonchev–Trinajstić information content (AvgIpc) is 2.63. The molecule has 3 nitrogen and oxygen atoms in total. The summed E-state index contributed by atoms with van der Waals surface area (Å²) in [7, 11) is 2.01. The molecule has 0 aliphatic rings. The summed E-state index contributed by atoms with van der Waals surface area (Å²) in [6.45, 7) is 8.96. The Labute approximate surface area is 92.9 Å². The van der Waals surface area contributed by atoms with Crippen LogP contribution in [0.15, 0.2) is 12.3 Å². The predicted molar refractivity (Wildman–Crippen MR) is 63.9 cm³/mol. The fourth-order valence-corrected chi connectivity index (χ4v) is 1.81. The minimum Gasteiger partial charge on any atom is -0.316 e. The van der Waals surface area contributed by atoms with Crippen LogP contribution < -0.4 is 5.32 Å². The third kappa shape index (κ3) is 3.34. The smallest absolute Gasteiger partial charge is 0.0492 e. The van der Waals surface area contributed by atoms with E-state index >= 15 is 0 Å². The van der Waals surface area contributed by atoms with Gasteiger partial charge in [0.25, 0.3) is 0 Å². The van der Waals surface area contributed by atoms with E-state index < -0.39 is 0 Å². The van der Waals surface area contributed by atoms with Crippen LogP contribution in [-0.4, -0.2) is 22.9 Å². The molecule has 0 aliphatic carbocycles. The molecule has 86 valence electrons. The molecule has 0 amide bonds. The van der Waals surface area contributed by atoms with Crippen molar-refractivity contribution in [2.75, 3.05) is 13.1 Å². The van der Waals surface area contributed by atoms with Gasteiger partial charge < -0.3 is 5.32 Å². The maximum absolute atomic E-state index is 4.21. The van der Waals surface area contributed by atoms with E-state index in [1.54, 1.807) is 0 Å². The van der Waals surface area contributed by atoms with Crippen LogP contribution in [0.3, 0.4) is 0 Å². The summed E-state index contributed by atoms with van der Waals surface area (Å²) in [6, 6.07) is 2.11. The van der Waals surface area contributed by atoms with Crippen LogP contribution in [0, 0.1) is 5.92 Å². The second kappa shape index (κ2) is 5.91. The molecule has 3 heteroatoms. The first-order valence-corrected chi connectivity index (χ1v) is 5.85. The molecule has 0 aromatic carbocycles. The van der Waals surface area contributed by atoms with Gasteiger partial charge >= 0.3 is 0 Å². The summed E-state index contributed by atoms with van der Waals surface area (Å²) >= 11 is 0. The van der Waals surface area contributed by atoms with Crippen LogP contribution in [-0.2, 0) is 7.05 Å². The van der Waals surface area contributed by atoms with Crippen LogP contribution in [0.1, 0.15) is 38.8 Å². The third-order valence-corrected chi connectivity index (χ3v) is 3.07. The first-order chi connectivity index (χ1) is 7.16. The maximum atomic E-state index is 4.21. The summed E-state index contributed by atoms with van der Waals surface area (Å²) in [4.78, 5) is 0. The SMILES string of the molecule is CCCNCC(C)C(C)c1ccnn1C. The number of rotatable bonds is 6. The lowest BCUT2D eigenvalue weighted by Crippen LogP contribution is -2.25. The van der Waals surface area contributed by atoms with Crippen molar-refractivity contribution in [1.82, 2.24) is 15.1 Å². The van der Waals surface area contributed by atoms with Crippen LogP contribution >= 0.6 is 0 Å². The van der Waals surface area contributed by atoms with Crippen molar-refractivity contribution in [3.8, 4) is 0 Å². The topological polar surface area (TPSA) is 29.9 Å². The van der Waals surface area contributed by atoms with Crippen molar-refractivity contribution < 1.29 is 0 Å². The number of hydrogen-bond acceptors (Lipinski definition) is 2. The standard InChI is InChI=1S/C12H23N3/c1-5-7-13-9-10(2)11(3)12-6-8-14-15(12)4/h6,8,10-11,13H,5,7,9H2,1-4H3. The van der Waals surface area contributed by atoms with Gasteiger partial charge in [-0.05, 0) is 31.5 Å². The van der Waals surface area contributed by atoms with Gasteiger partial charge in [-0.2, -0.15) is 5.10 Å². The van der Waals surface area contributed by atoms with Gasteiger partial charge in [-0.15, -0.1) is 0 Å². The minimum absolute atomic E-state index is 0.557. The van der Waals surface area contributed by atoms with Crippen LogP contribution in [0.2, 0.25) is 0 Å². The summed E-state index contributed by atoms with van der Waals surface area (Å²) in [5.74, 6) is 1.20. The molecule has 2 unspecified atom stereocenters. The summed E-state index contributed by atoms with van der Waals surface area (Å²) in [6.07, 6.45) is 3.07. The van der Waals surface area contributed by atoms with Crippen LogP contribution in [0.4, 0.5) is 0 Å². The molecule has 1 rings (SSSR count). The van der Waals surface area contributed by atoms with Gasteiger partial charge in [0.05, 0.1) is 0 Å². The first kappa shape index (κ1) is 12.2. The van der Waals surface area contributed by atoms with Gasteiger partial charge in [-0.1, -0.05) is 20.8 Å². The Morgan fingerprint density at radius 2 is 2.20 bits per heavy atom. The molecule has 0 radical (unpaired) electrons. The minimum atomic E-state index is 0.557. The van der Waals surface area contributed by atoms with Crippen LogP contribution in [0.25, 0.3) is 0 Å². The molecule has 0 bridgehead atoms. The maximum Gasteiger partial charge on any atom is 0.0492 e. The number of aromatic nitrogens is 2. The zero-order chi connectivity index (χ0) is 11.3. The van der Waals surface area contributed by atoms with Crippen molar-refractivity contribution in [2.45, 2.75) is 33.1 Å². The van der Waals surface area contributed by atoms with Gasteiger partial charge in [0.1, 0.15) is 0 Å². The summed E-state index contributed by atoms with van der Waals surface area (Å²) in [5, 5.41) is 7.68. The monoisotopic (exact) mass is 209 g/mol. The molecule has 2 atom stereocenters. The van der Waals surface area contributed by atoms with Gasteiger partial charge in [0.15, 0.2) is 0 Å². The summed E-state index contributed by atoms with van der Waals surface area (Å²) in [5.41, 5.74) is 1.32. The molecular formula is C12H23N3. The van der Waals surface area contributed by atoms with Gasteiger partial charge in [-0.25, -0.2) is 0 Å². The highest BCUT2D eigenvalue weighted by Gasteiger charge is 2.16. The van der Waals surface area contributed by atoms with E-state index in [9.17, 15) is 0 Å². The Balaban J connectivity index is 2.46. The second-order valence-electron chi connectivity index (χ2n) is 4.35. The Morgan fingerprint density at radius 3 is 2.73 bits per heavy atom. The van der Waals surface area contributed by atoms with E-state index in [2.05, 4.69) is 37.3 Å². The zero-order valence-corrected chi connectivity index (χ0v) is 10.3. The number of aryl methyl sites for hydroxylation is 1. The normalized spacial score (nSPS) is 15.2. The molecular weight excluding hydrogens is 186 g/mol. The fraction of sp³-hybridized carbons (Fsp3) is 0.750. The van der Waals surface area contributed by atoms with Crippen molar-refractivity contribution in [3.05, 3.63) is 18.0 Å². The summed E-state index contributed by atoms with van der Waals surface area (Å²) < 4.78 is 1.97. The van der Waals surface area contributed by atoms with Crippen LogP contribution in [0.5, 0.6) is 0 Å². The Bertz CT molecular complexity index is 280. The molecule has 1 heterocycles. The van der Waals surface area contributed by atoms with Crippen molar-refractivity contribution in [3.63, 3.8) is 0 Å². The molecule has 0 saturated heterocycles.